The molecule has 2 aliphatic heterocycles. The fourth-order valence-corrected chi connectivity index (χ4v) is 3.66. The molecule has 2 aliphatic rings. The molecule has 6 nitrogen and oxygen atoms in total. The molecule has 24 heavy (non-hydrogen) atoms. The van der Waals surface area contributed by atoms with Gasteiger partial charge in [-0.05, 0) is 50.3 Å². The van der Waals surface area contributed by atoms with Crippen LogP contribution in [0, 0.1) is 13.8 Å². The van der Waals surface area contributed by atoms with Crippen LogP contribution in [0.2, 0.25) is 0 Å². The van der Waals surface area contributed by atoms with Crippen molar-refractivity contribution in [3.05, 3.63) is 41.2 Å². The molecule has 126 valence electrons. The lowest BCUT2D eigenvalue weighted by Gasteiger charge is -2.19. The number of carbonyl (C=O) groups is 1. The maximum Gasteiger partial charge on any atom is 0.275 e. The van der Waals surface area contributed by atoms with Crippen molar-refractivity contribution in [2.24, 2.45) is 0 Å². The van der Waals surface area contributed by atoms with E-state index in [1.165, 1.54) is 6.20 Å². The normalized spacial score (nSPS) is 25.2. The van der Waals surface area contributed by atoms with Gasteiger partial charge in [-0.15, -0.1) is 0 Å². The number of nitrogens with zero attached hydrogens (tertiary/aromatic N) is 2. The summed E-state index contributed by atoms with van der Waals surface area (Å²) < 4.78 is 7.31. The van der Waals surface area contributed by atoms with E-state index in [1.807, 2.05) is 32.0 Å². The van der Waals surface area contributed by atoms with Gasteiger partial charge in [0.1, 0.15) is 0 Å². The molecule has 2 bridgehead atoms. The number of aromatic nitrogens is 2. The molecular weight excluding hydrogens is 306 g/mol. The fraction of sp³-hybridized carbons (Fsp3) is 0.444. The molecule has 3 atom stereocenters. The second kappa shape index (κ2) is 5.63. The second-order valence-electron chi connectivity index (χ2n) is 6.72. The molecule has 2 saturated heterocycles. The highest BCUT2D eigenvalue weighted by Crippen LogP contribution is 2.34. The first-order valence-electron chi connectivity index (χ1n) is 8.34. The maximum atomic E-state index is 12.5. The predicted molar refractivity (Wildman–Crippen MR) is 88.5 cm³/mol. The third-order valence-corrected chi connectivity index (χ3v) is 5.16. The summed E-state index contributed by atoms with van der Waals surface area (Å²) >= 11 is 0. The minimum atomic E-state index is -0.349. The Bertz CT molecular complexity index is 799. The van der Waals surface area contributed by atoms with Crippen LogP contribution < -0.4 is 5.32 Å². The van der Waals surface area contributed by atoms with Crippen molar-refractivity contribution >= 4 is 5.91 Å². The lowest BCUT2D eigenvalue weighted by Crippen LogP contribution is -2.41. The molecule has 0 unspecified atom stereocenters. The lowest BCUT2D eigenvalue weighted by atomic mass is 9.95. The minimum absolute atomic E-state index is 0.0153. The standard InChI is InChI=1S/C18H21N3O3/c1-10-4-3-5-14(11(10)2)21-9-15(22)17(20-21)18(23)19-13-8-12-6-7-16(13)24-12/h3-5,9,12-13,16,22H,6-8H2,1-2H3,(H,19,23)/t12-,13-,16+/m1/s1. The zero-order valence-electron chi connectivity index (χ0n) is 13.8. The van der Waals surface area contributed by atoms with Crippen molar-refractivity contribution in [3.63, 3.8) is 0 Å². The van der Waals surface area contributed by atoms with Gasteiger partial charge >= 0.3 is 0 Å². The Morgan fingerprint density at radius 3 is 2.92 bits per heavy atom. The lowest BCUT2D eigenvalue weighted by molar-refractivity contribution is 0.0835. The first-order valence-corrected chi connectivity index (χ1v) is 8.34. The number of ether oxygens (including phenoxy) is 1. The largest absolute Gasteiger partial charge is 0.504 e. The van der Waals surface area contributed by atoms with Crippen LogP contribution in [0.5, 0.6) is 5.75 Å². The summed E-state index contributed by atoms with van der Waals surface area (Å²) in [6, 6.07) is 5.88. The van der Waals surface area contributed by atoms with Crippen LogP contribution in [0.4, 0.5) is 0 Å². The van der Waals surface area contributed by atoms with E-state index in [1.54, 1.807) is 4.68 Å². The van der Waals surface area contributed by atoms with Gasteiger partial charge in [-0.3, -0.25) is 4.79 Å². The van der Waals surface area contributed by atoms with Crippen LogP contribution in [0.3, 0.4) is 0 Å². The minimum Gasteiger partial charge on any atom is -0.504 e. The van der Waals surface area contributed by atoms with E-state index < -0.39 is 0 Å². The average molecular weight is 327 g/mol. The van der Waals surface area contributed by atoms with E-state index in [0.29, 0.717) is 0 Å². The maximum absolute atomic E-state index is 12.5. The van der Waals surface area contributed by atoms with E-state index in [2.05, 4.69) is 10.4 Å². The number of hydrogen-bond acceptors (Lipinski definition) is 4. The zero-order valence-corrected chi connectivity index (χ0v) is 13.8. The number of rotatable bonds is 3. The summed E-state index contributed by atoms with van der Waals surface area (Å²) in [4.78, 5) is 12.5. The van der Waals surface area contributed by atoms with Crippen LogP contribution in [0.25, 0.3) is 5.69 Å². The molecule has 4 rings (SSSR count). The molecule has 2 fully saturated rings. The number of amides is 1. The Labute approximate surface area is 140 Å². The zero-order chi connectivity index (χ0) is 16.8. The Hall–Kier alpha value is -2.34. The first kappa shape index (κ1) is 15.2. The smallest absolute Gasteiger partial charge is 0.275 e. The first-order chi connectivity index (χ1) is 11.5. The molecule has 2 aromatic rings. The number of benzene rings is 1. The Morgan fingerprint density at radius 1 is 1.38 bits per heavy atom. The molecule has 6 heteroatoms. The molecule has 2 N–H and O–H groups in total. The predicted octanol–water partition coefficient (Wildman–Crippen LogP) is 2.24. The molecule has 3 heterocycles. The highest BCUT2D eigenvalue weighted by Gasteiger charge is 2.41. The van der Waals surface area contributed by atoms with Crippen molar-refractivity contribution in [3.8, 4) is 11.4 Å². The number of fused-ring (bicyclic) bond motifs is 2. The third-order valence-electron chi connectivity index (χ3n) is 5.16. The van der Waals surface area contributed by atoms with Crippen molar-refractivity contribution in [2.75, 3.05) is 0 Å². The van der Waals surface area contributed by atoms with Gasteiger partial charge < -0.3 is 15.2 Å². The van der Waals surface area contributed by atoms with Crippen LogP contribution >= 0.6 is 0 Å². The highest BCUT2D eigenvalue weighted by molar-refractivity contribution is 5.95. The third kappa shape index (κ3) is 2.47. The Kier molecular flexibility index (Phi) is 3.57. The number of nitrogens with one attached hydrogen (secondary N) is 1. The summed E-state index contributed by atoms with van der Waals surface area (Å²) in [5.41, 5.74) is 3.10. The molecular formula is C18H21N3O3. The summed E-state index contributed by atoms with van der Waals surface area (Å²) in [7, 11) is 0. The quantitative estimate of drug-likeness (QED) is 0.906. The number of aromatic hydroxyl groups is 1. The van der Waals surface area contributed by atoms with Crippen LogP contribution in [0.1, 0.15) is 40.9 Å². The van der Waals surface area contributed by atoms with Gasteiger partial charge in [-0.25, -0.2) is 4.68 Å². The Morgan fingerprint density at radius 2 is 2.21 bits per heavy atom. The van der Waals surface area contributed by atoms with Gasteiger partial charge in [0.05, 0.1) is 30.1 Å². The molecule has 0 spiro atoms. The van der Waals surface area contributed by atoms with Gasteiger partial charge in [0.25, 0.3) is 5.91 Å². The molecule has 1 amide bonds. The van der Waals surface area contributed by atoms with Crippen molar-refractivity contribution in [2.45, 2.75) is 51.4 Å². The van der Waals surface area contributed by atoms with Gasteiger partial charge in [0, 0.05) is 0 Å². The number of aryl methyl sites for hydroxylation is 1. The van der Waals surface area contributed by atoms with E-state index in [9.17, 15) is 9.90 Å². The molecule has 1 aromatic heterocycles. The molecule has 0 radical (unpaired) electrons. The molecule has 1 aromatic carbocycles. The van der Waals surface area contributed by atoms with Crippen molar-refractivity contribution in [1.82, 2.24) is 15.1 Å². The van der Waals surface area contributed by atoms with E-state index >= 15 is 0 Å². The van der Waals surface area contributed by atoms with Crippen molar-refractivity contribution in [1.29, 1.82) is 0 Å². The molecule has 0 saturated carbocycles. The van der Waals surface area contributed by atoms with Gasteiger partial charge in [-0.1, -0.05) is 12.1 Å². The molecule has 0 aliphatic carbocycles. The van der Waals surface area contributed by atoms with Gasteiger partial charge in [0.15, 0.2) is 11.4 Å². The van der Waals surface area contributed by atoms with E-state index in [-0.39, 0.29) is 35.6 Å². The Balaban J connectivity index is 1.57. The summed E-state index contributed by atoms with van der Waals surface area (Å²) in [5.74, 6) is -0.463. The topological polar surface area (TPSA) is 76.4 Å². The monoisotopic (exact) mass is 327 g/mol. The SMILES string of the molecule is Cc1cccc(-n2cc(O)c(C(=O)N[C@@H]3C[C@H]4CC[C@@H]3O4)n2)c1C. The summed E-state index contributed by atoms with van der Waals surface area (Å²) in [6.07, 6.45) is 4.74. The van der Waals surface area contributed by atoms with Crippen LogP contribution in [0.15, 0.2) is 24.4 Å². The van der Waals surface area contributed by atoms with E-state index in [0.717, 1.165) is 36.1 Å². The number of hydrogen-bond donors (Lipinski definition) is 2. The summed E-state index contributed by atoms with van der Waals surface area (Å²) in [5, 5.41) is 17.4. The van der Waals surface area contributed by atoms with Crippen LogP contribution in [-0.4, -0.2) is 39.0 Å². The number of carbonyl (C=O) groups excluding carboxylic acids is 1. The van der Waals surface area contributed by atoms with E-state index in [4.69, 9.17) is 4.74 Å². The van der Waals surface area contributed by atoms with Gasteiger partial charge in [-0.2, -0.15) is 5.10 Å². The van der Waals surface area contributed by atoms with Gasteiger partial charge in [0.2, 0.25) is 0 Å². The highest BCUT2D eigenvalue weighted by atomic mass is 16.5. The summed E-state index contributed by atoms with van der Waals surface area (Å²) in [6.45, 7) is 4.01. The second-order valence-corrected chi connectivity index (χ2v) is 6.72. The average Bonchev–Trinajstić information content (AvgIpc) is 3.25. The fourth-order valence-electron chi connectivity index (χ4n) is 3.66. The van der Waals surface area contributed by atoms with Crippen LogP contribution in [-0.2, 0) is 4.74 Å². The van der Waals surface area contributed by atoms with Crippen molar-refractivity contribution < 1.29 is 14.6 Å².